The molecule has 0 atom stereocenters. The van der Waals surface area contributed by atoms with E-state index in [0.29, 0.717) is 0 Å². The van der Waals surface area contributed by atoms with Crippen LogP contribution in [0.4, 0.5) is 10.1 Å². The molecule has 0 spiro atoms. The standard InChI is InChI=1S/C18H20FN3O7S2/c1-28-15-9-14(19)17(10-16(15)29-2)30(24,25)21-12-4-3-5-13(8-12)31(26,27)22-7-6-20-18(23)11-22/h3-5,8-10,21H,6-7,11H2,1-2H3,(H,20,23). The lowest BCUT2D eigenvalue weighted by Gasteiger charge is -2.26. The average Bonchev–Trinajstić information content (AvgIpc) is 2.73. The third-order valence-corrected chi connectivity index (χ3v) is 7.69. The van der Waals surface area contributed by atoms with E-state index in [2.05, 4.69) is 10.0 Å². The van der Waals surface area contributed by atoms with Crippen LogP contribution in [0.3, 0.4) is 0 Å². The molecule has 1 aliphatic heterocycles. The molecule has 1 heterocycles. The molecule has 168 valence electrons. The van der Waals surface area contributed by atoms with Crippen molar-refractivity contribution in [1.29, 1.82) is 0 Å². The number of carbonyl (C=O) groups excluding carboxylic acids is 1. The van der Waals surface area contributed by atoms with Crippen LogP contribution in [0.25, 0.3) is 0 Å². The van der Waals surface area contributed by atoms with E-state index >= 15 is 0 Å². The van der Waals surface area contributed by atoms with Crippen LogP contribution in [0.15, 0.2) is 46.2 Å². The summed E-state index contributed by atoms with van der Waals surface area (Å²) in [5.41, 5.74) is -0.100. The van der Waals surface area contributed by atoms with Crippen molar-refractivity contribution < 1.29 is 35.5 Å². The third kappa shape index (κ3) is 4.73. The number of rotatable bonds is 7. The Balaban J connectivity index is 1.93. The summed E-state index contributed by atoms with van der Waals surface area (Å²) in [4.78, 5) is 10.6. The highest BCUT2D eigenvalue weighted by Crippen LogP contribution is 2.33. The summed E-state index contributed by atoms with van der Waals surface area (Å²) < 4.78 is 78.6. The van der Waals surface area contributed by atoms with Crippen molar-refractivity contribution in [3.8, 4) is 11.5 Å². The smallest absolute Gasteiger partial charge is 0.264 e. The Morgan fingerprint density at radius 2 is 1.74 bits per heavy atom. The predicted octanol–water partition coefficient (Wildman–Crippen LogP) is 0.764. The number of benzene rings is 2. The van der Waals surface area contributed by atoms with Gasteiger partial charge in [-0.1, -0.05) is 6.07 Å². The zero-order valence-corrected chi connectivity index (χ0v) is 18.2. The van der Waals surface area contributed by atoms with Gasteiger partial charge in [-0.25, -0.2) is 21.2 Å². The summed E-state index contributed by atoms with van der Waals surface area (Å²) in [7, 11) is -5.92. The number of ether oxygens (including phenoxy) is 2. The maximum absolute atomic E-state index is 14.4. The minimum atomic E-state index is -4.43. The van der Waals surface area contributed by atoms with Gasteiger partial charge >= 0.3 is 0 Å². The van der Waals surface area contributed by atoms with Crippen LogP contribution < -0.4 is 19.5 Å². The molecule has 0 saturated carbocycles. The normalized spacial score (nSPS) is 15.3. The van der Waals surface area contributed by atoms with Crippen molar-refractivity contribution in [3.63, 3.8) is 0 Å². The molecule has 0 unspecified atom stereocenters. The van der Waals surface area contributed by atoms with Gasteiger partial charge in [0.1, 0.15) is 10.7 Å². The first-order valence-electron chi connectivity index (χ1n) is 8.90. The van der Waals surface area contributed by atoms with Gasteiger partial charge in [-0.2, -0.15) is 4.31 Å². The maximum Gasteiger partial charge on any atom is 0.264 e. The van der Waals surface area contributed by atoms with E-state index < -0.39 is 36.7 Å². The van der Waals surface area contributed by atoms with Gasteiger partial charge in [0.15, 0.2) is 11.5 Å². The first kappa shape index (κ1) is 22.8. The number of nitrogens with zero attached hydrogens (tertiary/aromatic N) is 1. The summed E-state index contributed by atoms with van der Waals surface area (Å²) in [6, 6.07) is 6.85. The van der Waals surface area contributed by atoms with Crippen LogP contribution in [0.1, 0.15) is 0 Å². The summed E-state index contributed by atoms with van der Waals surface area (Å²) in [6.07, 6.45) is 0. The fourth-order valence-electron chi connectivity index (χ4n) is 2.94. The lowest BCUT2D eigenvalue weighted by atomic mass is 10.3. The Morgan fingerprint density at radius 1 is 1.06 bits per heavy atom. The molecular formula is C18H20FN3O7S2. The van der Waals surface area contributed by atoms with Crippen LogP contribution in [0.2, 0.25) is 0 Å². The second kappa shape index (κ2) is 8.69. The number of amides is 1. The third-order valence-electron chi connectivity index (χ3n) is 4.45. The fraction of sp³-hybridized carbons (Fsp3) is 0.278. The number of anilines is 1. The lowest BCUT2D eigenvalue weighted by Crippen LogP contribution is -2.49. The molecule has 0 radical (unpaired) electrons. The quantitative estimate of drug-likeness (QED) is 0.607. The molecule has 13 heteroatoms. The van der Waals surface area contributed by atoms with Gasteiger partial charge in [-0.05, 0) is 18.2 Å². The largest absolute Gasteiger partial charge is 0.493 e. The average molecular weight is 474 g/mol. The number of sulfonamides is 2. The molecule has 1 fully saturated rings. The van der Waals surface area contributed by atoms with Crippen molar-refractivity contribution in [2.24, 2.45) is 0 Å². The van der Waals surface area contributed by atoms with Gasteiger partial charge in [-0.3, -0.25) is 9.52 Å². The lowest BCUT2D eigenvalue weighted by molar-refractivity contribution is -0.122. The number of hydrogen-bond acceptors (Lipinski definition) is 7. The summed E-state index contributed by atoms with van der Waals surface area (Å²) in [5.74, 6) is -1.49. The van der Waals surface area contributed by atoms with Gasteiger partial charge in [0.05, 0.1) is 31.3 Å². The van der Waals surface area contributed by atoms with Gasteiger partial charge in [0, 0.05) is 25.2 Å². The first-order chi connectivity index (χ1) is 14.6. The molecule has 10 nitrogen and oxygen atoms in total. The molecule has 2 N–H and O–H groups in total. The van der Waals surface area contributed by atoms with Crippen molar-refractivity contribution in [2.75, 3.05) is 38.6 Å². The maximum atomic E-state index is 14.4. The van der Waals surface area contributed by atoms with Crippen molar-refractivity contribution in [3.05, 3.63) is 42.2 Å². The molecule has 3 rings (SSSR count). The first-order valence-corrected chi connectivity index (χ1v) is 11.8. The Kier molecular flexibility index (Phi) is 6.38. The van der Waals surface area contributed by atoms with Crippen LogP contribution in [0, 0.1) is 5.82 Å². The molecule has 1 aliphatic rings. The van der Waals surface area contributed by atoms with E-state index in [1.54, 1.807) is 0 Å². The Bertz CT molecular complexity index is 1220. The van der Waals surface area contributed by atoms with Crippen molar-refractivity contribution in [2.45, 2.75) is 9.79 Å². The van der Waals surface area contributed by atoms with Gasteiger partial charge in [-0.15, -0.1) is 0 Å². The molecule has 2 aromatic carbocycles. The van der Waals surface area contributed by atoms with Crippen LogP contribution in [-0.4, -0.2) is 60.9 Å². The highest BCUT2D eigenvalue weighted by molar-refractivity contribution is 7.92. The van der Waals surface area contributed by atoms with Crippen molar-refractivity contribution in [1.82, 2.24) is 9.62 Å². The summed E-state index contributed by atoms with van der Waals surface area (Å²) >= 11 is 0. The van der Waals surface area contributed by atoms with Crippen LogP contribution in [-0.2, 0) is 24.8 Å². The number of hydrogen-bond donors (Lipinski definition) is 2. The number of methoxy groups -OCH3 is 2. The second-order valence-corrected chi connectivity index (χ2v) is 10.0. The van der Waals surface area contributed by atoms with Crippen molar-refractivity contribution >= 4 is 31.6 Å². The Hall–Kier alpha value is -2.90. The minimum Gasteiger partial charge on any atom is -0.493 e. The molecule has 1 amide bonds. The van der Waals surface area contributed by atoms with E-state index in [4.69, 9.17) is 9.47 Å². The van der Waals surface area contributed by atoms with Gasteiger partial charge < -0.3 is 14.8 Å². The predicted molar refractivity (Wildman–Crippen MR) is 109 cm³/mol. The zero-order valence-electron chi connectivity index (χ0n) is 16.6. The molecule has 2 aromatic rings. The van der Waals surface area contributed by atoms with Gasteiger partial charge in [0.25, 0.3) is 10.0 Å². The Labute approximate surface area is 179 Å². The fourth-order valence-corrected chi connectivity index (χ4v) is 5.51. The van der Waals surface area contributed by atoms with Crippen LogP contribution in [0.5, 0.6) is 11.5 Å². The molecule has 0 aromatic heterocycles. The van der Waals surface area contributed by atoms with E-state index in [1.807, 2.05) is 0 Å². The molecule has 0 bridgehead atoms. The number of carbonyl (C=O) groups is 1. The number of piperazine rings is 1. The Morgan fingerprint density at radius 3 is 2.39 bits per heavy atom. The van der Waals surface area contributed by atoms with E-state index in [-0.39, 0.29) is 41.7 Å². The molecule has 1 saturated heterocycles. The highest BCUT2D eigenvalue weighted by Gasteiger charge is 2.30. The zero-order chi connectivity index (χ0) is 22.8. The number of halogens is 1. The topological polar surface area (TPSA) is 131 Å². The van der Waals surface area contributed by atoms with E-state index in [1.165, 1.54) is 32.4 Å². The van der Waals surface area contributed by atoms with E-state index in [0.717, 1.165) is 22.5 Å². The molecule has 31 heavy (non-hydrogen) atoms. The monoisotopic (exact) mass is 473 g/mol. The summed E-state index contributed by atoms with van der Waals surface area (Å²) in [5, 5.41) is 2.53. The SMILES string of the molecule is COc1cc(F)c(S(=O)(=O)Nc2cccc(S(=O)(=O)N3CCNC(=O)C3)c2)cc1OC. The summed E-state index contributed by atoms with van der Waals surface area (Å²) in [6.45, 7) is -0.0843. The molecule has 0 aliphatic carbocycles. The minimum absolute atomic E-state index is 0.00368. The van der Waals surface area contributed by atoms with E-state index in [9.17, 15) is 26.0 Å². The van der Waals surface area contributed by atoms with Gasteiger partial charge in [0.2, 0.25) is 15.9 Å². The van der Waals surface area contributed by atoms with Crippen LogP contribution >= 0.6 is 0 Å². The highest BCUT2D eigenvalue weighted by atomic mass is 32.2. The number of nitrogens with one attached hydrogen (secondary N) is 2. The molecular weight excluding hydrogens is 453 g/mol. The second-order valence-electron chi connectivity index (χ2n) is 6.46.